The van der Waals surface area contributed by atoms with E-state index in [0.717, 1.165) is 11.0 Å². The number of hydrogen-bond donors (Lipinski definition) is 2. The van der Waals surface area contributed by atoms with Crippen molar-refractivity contribution in [3.05, 3.63) is 28.0 Å². The summed E-state index contributed by atoms with van der Waals surface area (Å²) in [6.07, 6.45) is -0.205. The minimum atomic E-state index is -1.39. The van der Waals surface area contributed by atoms with Crippen LogP contribution >= 0.6 is 15.9 Å². The zero-order valence-electron chi connectivity index (χ0n) is 9.97. The molecular formula is C12H9BrFNO5. The molecule has 1 aromatic carbocycles. The first-order valence-electron chi connectivity index (χ1n) is 5.56. The van der Waals surface area contributed by atoms with E-state index in [1.807, 2.05) is 0 Å². The Morgan fingerprint density at radius 3 is 2.50 bits per heavy atom. The Balaban J connectivity index is 2.47. The van der Waals surface area contributed by atoms with Crippen molar-refractivity contribution in [2.24, 2.45) is 5.92 Å². The van der Waals surface area contributed by atoms with Crippen LogP contribution in [0.25, 0.3) is 0 Å². The second kappa shape index (κ2) is 5.20. The number of aromatic carboxylic acids is 1. The molecule has 1 aliphatic heterocycles. The largest absolute Gasteiger partial charge is 0.481 e. The molecule has 1 aliphatic rings. The van der Waals surface area contributed by atoms with Crippen molar-refractivity contribution in [3.8, 4) is 0 Å². The van der Waals surface area contributed by atoms with Crippen LogP contribution in [0.15, 0.2) is 16.6 Å². The summed E-state index contributed by atoms with van der Waals surface area (Å²) in [6.45, 7) is -0.132. The highest BCUT2D eigenvalue weighted by Crippen LogP contribution is 2.32. The van der Waals surface area contributed by atoms with Gasteiger partial charge in [0, 0.05) is 13.0 Å². The number of aliphatic carboxylic acids is 1. The van der Waals surface area contributed by atoms with Gasteiger partial charge < -0.3 is 15.1 Å². The summed E-state index contributed by atoms with van der Waals surface area (Å²) in [6, 6.07) is 1.96. The van der Waals surface area contributed by atoms with Gasteiger partial charge in [-0.15, -0.1) is 0 Å². The standard InChI is InChI=1S/C12H9BrFNO5/c13-7-3-9(6(12(19)20)2-8(7)14)15-4-5(11(17)18)1-10(15)16/h2-3,5H,1,4H2,(H,17,18)(H,19,20). The number of nitrogens with zero attached hydrogens (tertiary/aromatic N) is 1. The van der Waals surface area contributed by atoms with Crippen LogP contribution in [-0.2, 0) is 9.59 Å². The lowest BCUT2D eigenvalue weighted by atomic mass is 10.1. The van der Waals surface area contributed by atoms with E-state index in [1.54, 1.807) is 0 Å². The monoisotopic (exact) mass is 345 g/mol. The van der Waals surface area contributed by atoms with E-state index in [4.69, 9.17) is 10.2 Å². The number of rotatable bonds is 3. The van der Waals surface area contributed by atoms with Gasteiger partial charge >= 0.3 is 11.9 Å². The van der Waals surface area contributed by atoms with Crippen LogP contribution < -0.4 is 4.90 Å². The van der Waals surface area contributed by atoms with Gasteiger partial charge in [0.1, 0.15) is 5.82 Å². The van der Waals surface area contributed by atoms with Crippen molar-refractivity contribution < 1.29 is 29.0 Å². The Hall–Kier alpha value is -1.96. The first kappa shape index (κ1) is 14.4. The first-order valence-corrected chi connectivity index (χ1v) is 6.36. The van der Waals surface area contributed by atoms with Crippen LogP contribution in [0.3, 0.4) is 0 Å². The molecule has 0 radical (unpaired) electrons. The van der Waals surface area contributed by atoms with Crippen LogP contribution in [0.1, 0.15) is 16.8 Å². The van der Waals surface area contributed by atoms with Crippen molar-refractivity contribution in [2.45, 2.75) is 6.42 Å². The molecule has 0 aliphatic carbocycles. The van der Waals surface area contributed by atoms with Gasteiger partial charge in [-0.05, 0) is 28.1 Å². The second-order valence-corrected chi connectivity index (χ2v) is 5.19. The van der Waals surface area contributed by atoms with Crippen LogP contribution in [0, 0.1) is 11.7 Å². The molecule has 1 aromatic rings. The summed E-state index contributed by atoms with van der Waals surface area (Å²) >= 11 is 2.92. The predicted octanol–water partition coefficient (Wildman–Crippen LogP) is 1.72. The number of carboxylic acid groups (broad SMARTS) is 2. The Kier molecular flexibility index (Phi) is 3.76. The van der Waals surface area contributed by atoms with Crippen LogP contribution in [0.4, 0.5) is 10.1 Å². The quantitative estimate of drug-likeness (QED) is 0.869. The third-order valence-electron chi connectivity index (χ3n) is 3.03. The first-order chi connectivity index (χ1) is 9.31. The molecule has 1 amide bonds. The fourth-order valence-electron chi connectivity index (χ4n) is 2.04. The van der Waals surface area contributed by atoms with Crippen molar-refractivity contribution in [1.29, 1.82) is 0 Å². The second-order valence-electron chi connectivity index (χ2n) is 4.33. The van der Waals surface area contributed by atoms with E-state index in [2.05, 4.69) is 15.9 Å². The van der Waals surface area contributed by atoms with Gasteiger partial charge in [-0.2, -0.15) is 0 Å². The maximum atomic E-state index is 13.4. The van der Waals surface area contributed by atoms with E-state index < -0.39 is 29.6 Å². The van der Waals surface area contributed by atoms with Crippen molar-refractivity contribution in [3.63, 3.8) is 0 Å². The zero-order chi connectivity index (χ0) is 15.0. The normalized spacial score (nSPS) is 18.4. The Morgan fingerprint density at radius 1 is 1.35 bits per heavy atom. The third kappa shape index (κ3) is 2.51. The molecule has 1 saturated heterocycles. The lowest BCUT2D eigenvalue weighted by molar-refractivity contribution is -0.141. The molecular weight excluding hydrogens is 337 g/mol. The van der Waals surface area contributed by atoms with Crippen molar-refractivity contribution in [1.82, 2.24) is 0 Å². The topological polar surface area (TPSA) is 94.9 Å². The molecule has 1 fully saturated rings. The van der Waals surface area contributed by atoms with Gasteiger partial charge in [0.15, 0.2) is 0 Å². The minimum absolute atomic E-state index is 0.00377. The molecule has 0 bridgehead atoms. The molecule has 106 valence electrons. The fraction of sp³-hybridized carbons (Fsp3) is 0.250. The summed E-state index contributed by atoms with van der Waals surface area (Å²) in [5.74, 6) is -4.68. The van der Waals surface area contributed by atoms with Crippen molar-refractivity contribution >= 4 is 39.5 Å². The number of carboxylic acids is 2. The number of hydrogen-bond acceptors (Lipinski definition) is 3. The molecule has 0 saturated carbocycles. The van der Waals surface area contributed by atoms with Crippen LogP contribution in [-0.4, -0.2) is 34.6 Å². The summed E-state index contributed by atoms with van der Waals surface area (Å²) in [5.41, 5.74) is -0.399. The molecule has 0 spiro atoms. The highest BCUT2D eigenvalue weighted by atomic mass is 79.9. The molecule has 20 heavy (non-hydrogen) atoms. The van der Waals surface area contributed by atoms with Crippen LogP contribution in [0.5, 0.6) is 0 Å². The zero-order valence-corrected chi connectivity index (χ0v) is 11.6. The summed E-state index contributed by atoms with van der Waals surface area (Å²) < 4.78 is 13.4. The van der Waals surface area contributed by atoms with E-state index in [-0.39, 0.29) is 28.7 Å². The number of carbonyl (C=O) groups excluding carboxylic acids is 1. The lowest BCUT2D eigenvalue weighted by Gasteiger charge is -2.19. The molecule has 1 heterocycles. The maximum absolute atomic E-state index is 13.4. The molecule has 8 heteroatoms. The van der Waals surface area contributed by atoms with Gasteiger partial charge in [0.05, 0.1) is 21.6 Å². The van der Waals surface area contributed by atoms with E-state index in [9.17, 15) is 18.8 Å². The highest BCUT2D eigenvalue weighted by Gasteiger charge is 2.37. The van der Waals surface area contributed by atoms with E-state index in [1.165, 1.54) is 6.07 Å². The van der Waals surface area contributed by atoms with E-state index >= 15 is 0 Å². The van der Waals surface area contributed by atoms with Gasteiger partial charge in [-0.25, -0.2) is 9.18 Å². The number of halogens is 2. The number of benzene rings is 1. The fourth-order valence-corrected chi connectivity index (χ4v) is 2.37. The van der Waals surface area contributed by atoms with Gasteiger partial charge in [-0.1, -0.05) is 0 Å². The van der Waals surface area contributed by atoms with Gasteiger partial charge in [-0.3, -0.25) is 9.59 Å². The lowest BCUT2D eigenvalue weighted by Crippen LogP contribution is -2.27. The minimum Gasteiger partial charge on any atom is -0.481 e. The third-order valence-corrected chi connectivity index (χ3v) is 3.64. The Labute approximate surface area is 120 Å². The average Bonchev–Trinajstić information content (AvgIpc) is 2.74. The predicted molar refractivity (Wildman–Crippen MR) is 69.2 cm³/mol. The van der Waals surface area contributed by atoms with Crippen molar-refractivity contribution in [2.75, 3.05) is 11.4 Å². The number of amides is 1. The summed E-state index contributed by atoms with van der Waals surface area (Å²) in [5, 5.41) is 18.0. The van der Waals surface area contributed by atoms with Gasteiger partial charge in [0.25, 0.3) is 0 Å². The summed E-state index contributed by atoms with van der Waals surface area (Å²) in [4.78, 5) is 34.9. The maximum Gasteiger partial charge on any atom is 0.337 e. The smallest absolute Gasteiger partial charge is 0.337 e. The molecule has 2 rings (SSSR count). The SMILES string of the molecule is O=C(O)c1cc(F)c(Br)cc1N1CC(C(=O)O)CC1=O. The van der Waals surface area contributed by atoms with Crippen LogP contribution in [0.2, 0.25) is 0 Å². The molecule has 1 atom stereocenters. The summed E-state index contributed by atoms with van der Waals surface area (Å²) in [7, 11) is 0. The Morgan fingerprint density at radius 2 is 2.00 bits per heavy atom. The van der Waals surface area contributed by atoms with E-state index in [0.29, 0.717) is 0 Å². The molecule has 0 aromatic heterocycles. The number of anilines is 1. The molecule has 6 nitrogen and oxygen atoms in total. The average molecular weight is 346 g/mol. The molecule has 2 N–H and O–H groups in total. The Bertz CT molecular complexity index is 618. The molecule has 1 unspecified atom stereocenters. The van der Waals surface area contributed by atoms with Gasteiger partial charge in [0.2, 0.25) is 5.91 Å². The number of carbonyl (C=O) groups is 3. The highest BCUT2D eigenvalue weighted by molar-refractivity contribution is 9.10.